The first-order chi connectivity index (χ1) is 10.5. The molecular weight excluding hydrogens is 352 g/mol. The quantitative estimate of drug-likeness (QED) is 0.503. The zero-order chi connectivity index (χ0) is 16.1. The second-order valence-electron chi connectivity index (χ2n) is 5.71. The van der Waals surface area contributed by atoms with Crippen LogP contribution in [0.25, 0.3) is 0 Å². The van der Waals surface area contributed by atoms with Gasteiger partial charge in [0.25, 0.3) is 0 Å². The largest absolute Gasteiger partial charge is 0.390 e. The van der Waals surface area contributed by atoms with Crippen molar-refractivity contribution >= 4 is 15.9 Å². The Labute approximate surface area is 139 Å². The van der Waals surface area contributed by atoms with E-state index in [1.165, 1.54) is 0 Å². The van der Waals surface area contributed by atoms with Crippen LogP contribution in [-0.4, -0.2) is 58.0 Å². The van der Waals surface area contributed by atoms with Crippen LogP contribution in [0.2, 0.25) is 0 Å². The van der Waals surface area contributed by atoms with Crippen LogP contribution in [0, 0.1) is 0 Å². The van der Waals surface area contributed by atoms with Crippen molar-refractivity contribution in [3.05, 3.63) is 35.4 Å². The van der Waals surface area contributed by atoms with Gasteiger partial charge in [0.05, 0.1) is 36.6 Å². The zero-order valence-electron chi connectivity index (χ0n) is 12.5. The van der Waals surface area contributed by atoms with Gasteiger partial charge in [-0.2, -0.15) is 0 Å². The van der Waals surface area contributed by atoms with Crippen LogP contribution in [-0.2, 0) is 9.47 Å². The number of hydrogen-bond acceptors (Lipinski definition) is 5. The van der Waals surface area contributed by atoms with Gasteiger partial charge in [0.1, 0.15) is 6.10 Å². The van der Waals surface area contributed by atoms with Crippen molar-refractivity contribution in [2.75, 3.05) is 0 Å². The van der Waals surface area contributed by atoms with Gasteiger partial charge in [-0.05, 0) is 11.9 Å². The molecule has 0 saturated carbocycles. The van der Waals surface area contributed by atoms with Crippen molar-refractivity contribution in [1.82, 2.24) is 0 Å². The normalized spacial score (nSPS) is 45.2. The predicted molar refractivity (Wildman–Crippen MR) is 86.6 cm³/mol. The molecule has 3 N–H and O–H groups in total. The van der Waals surface area contributed by atoms with E-state index in [4.69, 9.17) is 9.47 Å². The van der Waals surface area contributed by atoms with Gasteiger partial charge < -0.3 is 24.8 Å². The summed E-state index contributed by atoms with van der Waals surface area (Å²) < 4.78 is 11.7. The summed E-state index contributed by atoms with van der Waals surface area (Å²) in [6.07, 6.45) is 5.45. The summed E-state index contributed by atoms with van der Waals surface area (Å²) in [5, 5.41) is 30.2. The Morgan fingerprint density at radius 1 is 1.05 bits per heavy atom. The number of allylic oxidation sites excluding steroid dienone is 2. The SMILES string of the molecule is C[C@@H]1O[C@H](/C=C/C=C/Br)/C=C/[C@H](O)C[C@H](O)[C@@H]2C[C@@H](O)[C@@H]1O2. The highest BCUT2D eigenvalue weighted by molar-refractivity contribution is 9.11. The van der Waals surface area contributed by atoms with Gasteiger partial charge in [0, 0.05) is 12.8 Å². The maximum atomic E-state index is 10.1. The Morgan fingerprint density at radius 3 is 2.55 bits per heavy atom. The van der Waals surface area contributed by atoms with Crippen LogP contribution in [0.15, 0.2) is 35.4 Å². The van der Waals surface area contributed by atoms with Crippen LogP contribution < -0.4 is 0 Å². The highest BCUT2D eigenvalue weighted by Gasteiger charge is 2.41. The van der Waals surface area contributed by atoms with Crippen LogP contribution in [0.1, 0.15) is 19.8 Å². The molecule has 2 aliphatic heterocycles. The molecular formula is C16H23BrO5. The fourth-order valence-corrected chi connectivity index (χ4v) is 2.98. The third kappa shape index (κ3) is 4.75. The number of halogens is 1. The monoisotopic (exact) mass is 374 g/mol. The molecule has 2 bridgehead atoms. The predicted octanol–water partition coefficient (Wildman–Crippen LogP) is 1.42. The van der Waals surface area contributed by atoms with Crippen LogP contribution >= 0.6 is 15.9 Å². The molecule has 2 heterocycles. The lowest BCUT2D eigenvalue weighted by Crippen LogP contribution is -2.36. The summed E-state index contributed by atoms with van der Waals surface area (Å²) in [5.41, 5.74) is 0. The first kappa shape index (κ1) is 17.8. The Kier molecular flexibility index (Phi) is 6.80. The standard InChI is InChI=1S/C16H23BrO5/c1-10-16-14(20)9-15(22-16)13(19)8-11(18)5-6-12(21-10)4-2-3-7-17/h2-7,10-16,18-20H,8-9H2,1H3/b4-2+,6-5+,7-3+/t10-,11-,12+,13-,14+,15-,16+/m0/s1. The number of rotatable bonds is 2. The zero-order valence-corrected chi connectivity index (χ0v) is 14.0. The van der Waals surface area contributed by atoms with E-state index < -0.39 is 30.5 Å². The van der Waals surface area contributed by atoms with E-state index in [9.17, 15) is 15.3 Å². The Morgan fingerprint density at radius 2 is 1.82 bits per heavy atom. The molecule has 124 valence electrons. The topological polar surface area (TPSA) is 79.2 Å². The van der Waals surface area contributed by atoms with Crippen molar-refractivity contribution < 1.29 is 24.8 Å². The highest BCUT2D eigenvalue weighted by atomic mass is 79.9. The van der Waals surface area contributed by atoms with Gasteiger partial charge in [-0.15, -0.1) is 0 Å². The Bertz CT molecular complexity index is 436. The summed E-state index contributed by atoms with van der Waals surface area (Å²) in [6.45, 7) is 1.84. The summed E-state index contributed by atoms with van der Waals surface area (Å²) in [4.78, 5) is 1.72. The van der Waals surface area contributed by atoms with Crippen LogP contribution in [0.4, 0.5) is 0 Å². The first-order valence-corrected chi connectivity index (χ1v) is 8.39. The molecule has 1 fully saturated rings. The molecule has 7 atom stereocenters. The summed E-state index contributed by atoms with van der Waals surface area (Å²) >= 11 is 3.19. The molecule has 0 aromatic carbocycles. The summed E-state index contributed by atoms with van der Waals surface area (Å²) in [7, 11) is 0. The summed E-state index contributed by atoms with van der Waals surface area (Å²) in [5.74, 6) is 0. The van der Waals surface area contributed by atoms with Gasteiger partial charge in [-0.25, -0.2) is 0 Å². The Balaban J connectivity index is 2.18. The first-order valence-electron chi connectivity index (χ1n) is 7.48. The molecule has 0 radical (unpaired) electrons. The second-order valence-corrected chi connectivity index (χ2v) is 6.24. The lowest BCUT2D eigenvalue weighted by molar-refractivity contribution is -0.112. The lowest BCUT2D eigenvalue weighted by Gasteiger charge is -2.25. The van der Waals surface area contributed by atoms with E-state index in [0.29, 0.717) is 6.42 Å². The maximum Gasteiger partial charge on any atom is 0.110 e. The van der Waals surface area contributed by atoms with Gasteiger partial charge in [-0.3, -0.25) is 0 Å². The molecule has 2 rings (SSSR count). The average molecular weight is 375 g/mol. The highest BCUT2D eigenvalue weighted by Crippen LogP contribution is 2.29. The minimum Gasteiger partial charge on any atom is -0.390 e. The minimum absolute atomic E-state index is 0.173. The van der Waals surface area contributed by atoms with Crippen molar-refractivity contribution in [2.24, 2.45) is 0 Å². The third-order valence-electron chi connectivity index (χ3n) is 3.94. The molecule has 2 aliphatic rings. The second kappa shape index (κ2) is 8.38. The van der Waals surface area contributed by atoms with Crippen LogP contribution in [0.3, 0.4) is 0 Å². The summed E-state index contributed by atoms with van der Waals surface area (Å²) in [6, 6.07) is 0. The van der Waals surface area contributed by atoms with E-state index >= 15 is 0 Å². The van der Waals surface area contributed by atoms with Gasteiger partial charge in [0.2, 0.25) is 0 Å². The molecule has 0 spiro atoms. The van der Waals surface area contributed by atoms with E-state index in [2.05, 4.69) is 15.9 Å². The number of aliphatic hydroxyl groups is 3. The van der Waals surface area contributed by atoms with E-state index in [0.717, 1.165) is 0 Å². The van der Waals surface area contributed by atoms with Crippen molar-refractivity contribution in [1.29, 1.82) is 0 Å². The molecule has 0 amide bonds. The van der Waals surface area contributed by atoms with Crippen molar-refractivity contribution in [3.63, 3.8) is 0 Å². The average Bonchev–Trinajstić information content (AvgIpc) is 2.85. The van der Waals surface area contributed by atoms with E-state index in [1.807, 2.05) is 25.2 Å². The minimum atomic E-state index is -0.810. The number of hydrogen-bond donors (Lipinski definition) is 3. The number of aliphatic hydroxyl groups excluding tert-OH is 3. The molecule has 22 heavy (non-hydrogen) atoms. The van der Waals surface area contributed by atoms with Crippen molar-refractivity contribution in [3.8, 4) is 0 Å². The van der Waals surface area contributed by atoms with E-state index in [-0.39, 0.29) is 18.6 Å². The Hall–Kier alpha value is -0.500. The number of ether oxygens (including phenoxy) is 2. The third-order valence-corrected chi connectivity index (χ3v) is 4.24. The molecule has 0 aliphatic carbocycles. The van der Waals surface area contributed by atoms with E-state index in [1.54, 1.807) is 17.1 Å². The van der Waals surface area contributed by atoms with Gasteiger partial charge >= 0.3 is 0 Å². The van der Waals surface area contributed by atoms with Crippen LogP contribution in [0.5, 0.6) is 0 Å². The molecule has 5 nitrogen and oxygen atoms in total. The molecule has 1 saturated heterocycles. The fraction of sp³-hybridized carbons (Fsp3) is 0.625. The lowest BCUT2D eigenvalue weighted by atomic mass is 10.0. The van der Waals surface area contributed by atoms with Gasteiger partial charge in [0.15, 0.2) is 0 Å². The molecule has 0 unspecified atom stereocenters. The maximum absolute atomic E-state index is 10.1. The fourth-order valence-electron chi connectivity index (χ4n) is 2.80. The molecule has 0 aromatic heterocycles. The smallest absolute Gasteiger partial charge is 0.110 e. The van der Waals surface area contributed by atoms with Gasteiger partial charge in [-0.1, -0.05) is 46.3 Å². The molecule has 0 aromatic rings. The number of fused-ring (bicyclic) bond motifs is 2. The van der Waals surface area contributed by atoms with Crippen molar-refractivity contribution in [2.45, 2.75) is 62.5 Å². The molecule has 6 heteroatoms.